The molecule has 3 aromatic carbocycles. The molecule has 2 amide bonds. The minimum Gasteiger partial charge on any atom is -0.482 e. The third kappa shape index (κ3) is 6.33. The molecule has 2 N–H and O–H groups in total. The average Bonchev–Trinajstić information content (AvgIpc) is 2.73. The molecule has 0 saturated carbocycles. The van der Waals surface area contributed by atoms with Gasteiger partial charge in [-0.15, -0.1) is 0 Å². The van der Waals surface area contributed by atoms with Crippen LogP contribution in [0.1, 0.15) is 36.7 Å². The van der Waals surface area contributed by atoms with E-state index in [4.69, 9.17) is 16.3 Å². The van der Waals surface area contributed by atoms with E-state index in [0.29, 0.717) is 27.7 Å². The van der Waals surface area contributed by atoms with Crippen LogP contribution in [0.2, 0.25) is 5.02 Å². The van der Waals surface area contributed by atoms with Crippen molar-refractivity contribution >= 4 is 34.8 Å². The minimum atomic E-state index is -0.332. The molecule has 0 unspecified atom stereocenters. The first kappa shape index (κ1) is 22.4. The van der Waals surface area contributed by atoms with Crippen molar-refractivity contribution in [3.63, 3.8) is 0 Å². The standard InChI is InChI=1S/C25H25ClN2O3/c1-25(2,3)18-13-11-17(12-14-18)24(30)28-20-8-6-7-19(15-20)27-23(29)16-31-22-10-5-4-9-21(22)26/h4-15H,16H2,1-3H3,(H,27,29)(H,28,30). The lowest BCUT2D eigenvalue weighted by Gasteiger charge is -2.19. The summed E-state index contributed by atoms with van der Waals surface area (Å²) in [7, 11) is 0. The Morgan fingerprint density at radius 1 is 0.871 bits per heavy atom. The van der Waals surface area contributed by atoms with Crippen molar-refractivity contribution < 1.29 is 14.3 Å². The molecule has 0 fully saturated rings. The number of hydrogen-bond acceptors (Lipinski definition) is 3. The number of halogens is 1. The largest absolute Gasteiger partial charge is 0.482 e. The predicted molar refractivity (Wildman–Crippen MR) is 125 cm³/mol. The fourth-order valence-corrected chi connectivity index (χ4v) is 3.09. The van der Waals surface area contributed by atoms with Gasteiger partial charge in [-0.3, -0.25) is 9.59 Å². The van der Waals surface area contributed by atoms with Crippen LogP contribution >= 0.6 is 11.6 Å². The Morgan fingerprint density at radius 2 is 1.52 bits per heavy atom. The van der Waals surface area contributed by atoms with Crippen molar-refractivity contribution in [2.75, 3.05) is 17.2 Å². The highest BCUT2D eigenvalue weighted by Gasteiger charge is 2.14. The number of amides is 2. The molecule has 0 aliphatic carbocycles. The van der Waals surface area contributed by atoms with Gasteiger partial charge in [0.15, 0.2) is 6.61 Å². The van der Waals surface area contributed by atoms with Crippen LogP contribution in [-0.2, 0) is 10.2 Å². The van der Waals surface area contributed by atoms with E-state index in [1.807, 2.05) is 24.3 Å². The van der Waals surface area contributed by atoms with Gasteiger partial charge >= 0.3 is 0 Å². The second-order valence-corrected chi connectivity index (χ2v) is 8.54. The van der Waals surface area contributed by atoms with Crippen LogP contribution in [0.15, 0.2) is 72.8 Å². The molecule has 160 valence electrons. The number of carbonyl (C=O) groups excluding carboxylic acids is 2. The number of rotatable bonds is 6. The summed E-state index contributed by atoms with van der Waals surface area (Å²) < 4.78 is 5.44. The molecule has 5 nitrogen and oxygen atoms in total. The molecule has 3 aromatic rings. The summed E-state index contributed by atoms with van der Waals surface area (Å²) >= 11 is 6.02. The quantitative estimate of drug-likeness (QED) is 0.505. The smallest absolute Gasteiger partial charge is 0.262 e. The number of hydrogen-bond donors (Lipinski definition) is 2. The molecule has 31 heavy (non-hydrogen) atoms. The second kappa shape index (κ2) is 9.67. The number of ether oxygens (including phenoxy) is 1. The summed E-state index contributed by atoms with van der Waals surface area (Å²) in [6.07, 6.45) is 0. The first-order valence-corrected chi connectivity index (χ1v) is 10.3. The van der Waals surface area contributed by atoms with Crippen molar-refractivity contribution in [2.45, 2.75) is 26.2 Å². The summed E-state index contributed by atoms with van der Waals surface area (Å²) in [5.41, 5.74) is 2.88. The number of nitrogens with one attached hydrogen (secondary N) is 2. The van der Waals surface area contributed by atoms with E-state index in [0.717, 1.165) is 5.56 Å². The van der Waals surface area contributed by atoms with Crippen LogP contribution < -0.4 is 15.4 Å². The topological polar surface area (TPSA) is 67.4 Å². The van der Waals surface area contributed by atoms with E-state index in [9.17, 15) is 9.59 Å². The van der Waals surface area contributed by atoms with Crippen molar-refractivity contribution in [3.8, 4) is 5.75 Å². The Bertz CT molecular complexity index is 1070. The summed E-state index contributed by atoms with van der Waals surface area (Å²) in [5, 5.41) is 6.05. The minimum absolute atomic E-state index is 0.0249. The molecule has 0 bridgehead atoms. The monoisotopic (exact) mass is 436 g/mol. The Labute approximate surface area is 187 Å². The molecule has 0 saturated heterocycles. The zero-order valence-electron chi connectivity index (χ0n) is 17.7. The van der Waals surface area contributed by atoms with Gasteiger partial charge in [0.25, 0.3) is 11.8 Å². The first-order valence-electron chi connectivity index (χ1n) is 9.91. The Morgan fingerprint density at radius 3 is 2.16 bits per heavy atom. The summed E-state index contributed by atoms with van der Waals surface area (Å²) in [4.78, 5) is 24.8. The second-order valence-electron chi connectivity index (χ2n) is 8.13. The SMILES string of the molecule is CC(C)(C)c1ccc(C(=O)Nc2cccc(NC(=O)COc3ccccc3Cl)c2)cc1. The van der Waals surface area contributed by atoms with E-state index < -0.39 is 0 Å². The van der Waals surface area contributed by atoms with Gasteiger partial charge in [-0.25, -0.2) is 0 Å². The van der Waals surface area contributed by atoms with Crippen molar-refractivity contribution in [1.82, 2.24) is 0 Å². The maximum Gasteiger partial charge on any atom is 0.262 e. The van der Waals surface area contributed by atoms with E-state index >= 15 is 0 Å². The van der Waals surface area contributed by atoms with Gasteiger partial charge in [0.05, 0.1) is 5.02 Å². The maximum atomic E-state index is 12.6. The van der Waals surface area contributed by atoms with E-state index in [1.54, 1.807) is 48.5 Å². The van der Waals surface area contributed by atoms with Gasteiger partial charge < -0.3 is 15.4 Å². The Kier molecular flexibility index (Phi) is 6.98. The van der Waals surface area contributed by atoms with Crippen LogP contribution in [-0.4, -0.2) is 18.4 Å². The Hall–Kier alpha value is -3.31. The van der Waals surface area contributed by atoms with Gasteiger partial charge in [0.1, 0.15) is 5.75 Å². The zero-order valence-corrected chi connectivity index (χ0v) is 18.5. The van der Waals surface area contributed by atoms with Gasteiger partial charge in [0, 0.05) is 16.9 Å². The molecule has 6 heteroatoms. The fraction of sp³-hybridized carbons (Fsp3) is 0.200. The molecule has 0 aliphatic heterocycles. The summed E-state index contributed by atoms with van der Waals surface area (Å²) in [5.74, 6) is -0.107. The molecule has 3 rings (SSSR count). The third-order valence-electron chi connectivity index (χ3n) is 4.61. The molecule has 0 aliphatic rings. The van der Waals surface area contributed by atoms with Gasteiger partial charge in [-0.2, -0.15) is 0 Å². The number of para-hydroxylation sites is 1. The van der Waals surface area contributed by atoms with E-state index in [2.05, 4.69) is 31.4 Å². The predicted octanol–water partition coefficient (Wildman–Crippen LogP) is 5.91. The Balaban J connectivity index is 1.59. The number of benzene rings is 3. The zero-order chi connectivity index (χ0) is 22.4. The highest BCUT2D eigenvalue weighted by Crippen LogP contribution is 2.24. The molecule has 0 aromatic heterocycles. The molecule has 0 heterocycles. The molecule has 0 radical (unpaired) electrons. The van der Waals surface area contributed by atoms with E-state index in [-0.39, 0.29) is 23.8 Å². The normalized spacial score (nSPS) is 11.0. The van der Waals surface area contributed by atoms with Gasteiger partial charge in [0.2, 0.25) is 0 Å². The molecular weight excluding hydrogens is 412 g/mol. The molecule has 0 atom stereocenters. The van der Waals surface area contributed by atoms with Gasteiger partial charge in [-0.05, 0) is 53.4 Å². The fourth-order valence-electron chi connectivity index (χ4n) is 2.90. The van der Waals surface area contributed by atoms with Crippen molar-refractivity contribution in [3.05, 3.63) is 88.9 Å². The van der Waals surface area contributed by atoms with Gasteiger partial charge in [-0.1, -0.05) is 62.7 Å². The van der Waals surface area contributed by atoms with Crippen LogP contribution in [0.3, 0.4) is 0 Å². The highest BCUT2D eigenvalue weighted by atomic mass is 35.5. The third-order valence-corrected chi connectivity index (χ3v) is 4.92. The molecule has 0 spiro atoms. The lowest BCUT2D eigenvalue weighted by atomic mass is 9.87. The summed E-state index contributed by atoms with van der Waals surface area (Å²) in [6, 6.07) is 21.4. The lowest BCUT2D eigenvalue weighted by molar-refractivity contribution is -0.118. The van der Waals surface area contributed by atoms with Crippen LogP contribution in [0.25, 0.3) is 0 Å². The first-order chi connectivity index (χ1) is 14.7. The lowest BCUT2D eigenvalue weighted by Crippen LogP contribution is -2.20. The van der Waals surface area contributed by atoms with E-state index in [1.165, 1.54) is 0 Å². The van der Waals surface area contributed by atoms with Crippen molar-refractivity contribution in [2.24, 2.45) is 0 Å². The average molecular weight is 437 g/mol. The van der Waals surface area contributed by atoms with Crippen molar-refractivity contribution in [1.29, 1.82) is 0 Å². The highest BCUT2D eigenvalue weighted by molar-refractivity contribution is 6.32. The summed E-state index contributed by atoms with van der Waals surface area (Å²) in [6.45, 7) is 6.20. The van der Waals surface area contributed by atoms with Crippen LogP contribution in [0.5, 0.6) is 5.75 Å². The molecular formula is C25H25ClN2O3. The van der Waals surface area contributed by atoms with Crippen LogP contribution in [0.4, 0.5) is 11.4 Å². The number of carbonyl (C=O) groups is 2. The van der Waals surface area contributed by atoms with Crippen LogP contribution in [0, 0.1) is 0 Å². The number of anilines is 2. The maximum absolute atomic E-state index is 12.6.